The Morgan fingerprint density at radius 3 is 2.47 bits per heavy atom. The van der Waals surface area contributed by atoms with Crippen LogP contribution in [0.2, 0.25) is 5.02 Å². The number of ketones is 1. The number of carbonyl (C=O) groups excluding carboxylic acids is 2. The molecule has 5 rings (SSSR count). The fraction of sp³-hybridized carbons (Fsp3) is 0.179. The van der Waals surface area contributed by atoms with E-state index in [2.05, 4.69) is 5.32 Å². The third-order valence-corrected chi connectivity index (χ3v) is 6.29. The zero-order valence-electron chi connectivity index (χ0n) is 19.5. The Balaban J connectivity index is 1.49. The molecule has 0 spiro atoms. The molecule has 0 radical (unpaired) electrons. The van der Waals surface area contributed by atoms with Crippen molar-refractivity contribution in [2.75, 3.05) is 18.5 Å². The average Bonchev–Trinajstić information content (AvgIpc) is 2.90. The van der Waals surface area contributed by atoms with E-state index in [1.807, 2.05) is 19.1 Å². The molecule has 1 N–H and O–H groups in total. The van der Waals surface area contributed by atoms with E-state index in [1.54, 1.807) is 47.0 Å². The number of carbonyl (C=O) groups is 2. The molecule has 1 amide bonds. The molecule has 7 nitrogen and oxygen atoms in total. The van der Waals surface area contributed by atoms with Gasteiger partial charge in [-0.25, -0.2) is 0 Å². The highest BCUT2D eigenvalue weighted by atomic mass is 35.5. The summed E-state index contributed by atoms with van der Waals surface area (Å²) >= 11 is 6.16. The van der Waals surface area contributed by atoms with Crippen molar-refractivity contribution in [3.8, 4) is 11.5 Å². The maximum Gasteiger partial charge on any atom is 0.244 e. The zero-order chi connectivity index (χ0) is 25.2. The summed E-state index contributed by atoms with van der Waals surface area (Å²) in [4.78, 5) is 39.5. The number of halogens is 1. The van der Waals surface area contributed by atoms with E-state index in [0.717, 1.165) is 12.0 Å². The fourth-order valence-corrected chi connectivity index (χ4v) is 4.36. The molecule has 182 valence electrons. The van der Waals surface area contributed by atoms with Gasteiger partial charge in [-0.1, -0.05) is 42.8 Å². The molecule has 1 aliphatic rings. The molecule has 0 fully saturated rings. The molecule has 4 aromatic rings. The van der Waals surface area contributed by atoms with Gasteiger partial charge in [-0.15, -0.1) is 0 Å². The molecular formula is C28H23ClN2O5. The topological polar surface area (TPSA) is 86.6 Å². The first-order valence-electron chi connectivity index (χ1n) is 11.6. The number of nitrogens with zero attached hydrogens (tertiary/aromatic N) is 1. The number of ether oxygens (including phenoxy) is 2. The summed E-state index contributed by atoms with van der Waals surface area (Å²) in [5.41, 5.74) is 2.08. The van der Waals surface area contributed by atoms with Crippen LogP contribution in [0.5, 0.6) is 11.5 Å². The van der Waals surface area contributed by atoms with E-state index in [9.17, 15) is 14.4 Å². The summed E-state index contributed by atoms with van der Waals surface area (Å²) < 4.78 is 12.7. The number of aryl methyl sites for hydroxylation is 1. The summed E-state index contributed by atoms with van der Waals surface area (Å²) in [5, 5.41) is 3.47. The largest absolute Gasteiger partial charge is 0.486 e. The number of rotatable bonds is 6. The van der Waals surface area contributed by atoms with Crippen LogP contribution in [0.15, 0.2) is 71.7 Å². The van der Waals surface area contributed by atoms with E-state index in [4.69, 9.17) is 21.1 Å². The summed E-state index contributed by atoms with van der Waals surface area (Å²) in [6.07, 6.45) is 2.28. The van der Waals surface area contributed by atoms with Gasteiger partial charge in [-0.2, -0.15) is 0 Å². The maximum absolute atomic E-state index is 13.3. The van der Waals surface area contributed by atoms with Crippen LogP contribution in [0, 0.1) is 0 Å². The van der Waals surface area contributed by atoms with Crippen LogP contribution in [-0.4, -0.2) is 29.5 Å². The number of nitrogens with one attached hydrogen (secondary N) is 1. The number of pyridine rings is 1. The van der Waals surface area contributed by atoms with Crippen LogP contribution in [-0.2, 0) is 17.8 Å². The monoisotopic (exact) mass is 502 g/mol. The van der Waals surface area contributed by atoms with Crippen LogP contribution in [0.3, 0.4) is 0 Å². The Hall–Kier alpha value is -4.10. The Kier molecular flexibility index (Phi) is 6.48. The second-order valence-corrected chi connectivity index (χ2v) is 8.88. The highest BCUT2D eigenvalue weighted by Gasteiger charge is 2.19. The minimum absolute atomic E-state index is 0.0267. The minimum atomic E-state index is -0.430. The van der Waals surface area contributed by atoms with E-state index in [-0.39, 0.29) is 23.4 Å². The van der Waals surface area contributed by atoms with Gasteiger partial charge in [-0.05, 0) is 42.3 Å². The van der Waals surface area contributed by atoms with Gasteiger partial charge >= 0.3 is 0 Å². The first kappa shape index (κ1) is 23.6. The summed E-state index contributed by atoms with van der Waals surface area (Å²) in [7, 11) is 0. The van der Waals surface area contributed by atoms with Gasteiger partial charge in [0.15, 0.2) is 17.3 Å². The number of amides is 1. The van der Waals surface area contributed by atoms with Gasteiger partial charge in [-0.3, -0.25) is 14.4 Å². The van der Waals surface area contributed by atoms with E-state index in [0.29, 0.717) is 46.5 Å². The fourth-order valence-electron chi connectivity index (χ4n) is 4.19. The minimum Gasteiger partial charge on any atom is -0.486 e. The number of anilines is 1. The molecule has 2 heterocycles. The lowest BCUT2D eigenvalue weighted by molar-refractivity contribution is -0.116. The average molecular weight is 503 g/mol. The quantitative estimate of drug-likeness (QED) is 0.381. The number of aromatic nitrogens is 1. The van der Waals surface area contributed by atoms with Gasteiger partial charge in [0.1, 0.15) is 19.8 Å². The molecule has 8 heteroatoms. The van der Waals surface area contributed by atoms with Gasteiger partial charge in [0.2, 0.25) is 11.3 Å². The molecule has 3 aromatic carbocycles. The van der Waals surface area contributed by atoms with E-state index < -0.39 is 11.2 Å². The highest BCUT2D eigenvalue weighted by molar-refractivity contribution is 6.31. The predicted molar refractivity (Wildman–Crippen MR) is 139 cm³/mol. The van der Waals surface area contributed by atoms with Gasteiger partial charge in [0, 0.05) is 33.9 Å². The third kappa shape index (κ3) is 4.70. The first-order chi connectivity index (χ1) is 17.4. The van der Waals surface area contributed by atoms with Crippen molar-refractivity contribution in [2.24, 2.45) is 0 Å². The molecule has 0 bridgehead atoms. The smallest absolute Gasteiger partial charge is 0.244 e. The second-order valence-electron chi connectivity index (χ2n) is 8.45. The van der Waals surface area contributed by atoms with Crippen molar-refractivity contribution < 1.29 is 19.1 Å². The van der Waals surface area contributed by atoms with E-state index in [1.165, 1.54) is 12.3 Å². The molecule has 1 aromatic heterocycles. The Labute approximate surface area is 212 Å². The summed E-state index contributed by atoms with van der Waals surface area (Å²) in [6.45, 7) is 2.82. The lowest BCUT2D eigenvalue weighted by Gasteiger charge is -2.19. The number of hydrogen-bond acceptors (Lipinski definition) is 5. The Morgan fingerprint density at radius 2 is 1.72 bits per heavy atom. The zero-order valence-corrected chi connectivity index (χ0v) is 20.3. The van der Waals surface area contributed by atoms with Crippen molar-refractivity contribution in [1.82, 2.24) is 4.57 Å². The predicted octanol–water partition coefficient (Wildman–Crippen LogP) is 4.86. The molecule has 1 aliphatic heterocycles. The SMILES string of the molecule is CCc1ccc(C(=O)c2cn(CC(=O)Nc3ccc4c(c3)OCCO4)c3ccc(Cl)cc3c2=O)cc1. The van der Waals surface area contributed by atoms with Crippen LogP contribution < -0.4 is 20.2 Å². The number of fused-ring (bicyclic) bond motifs is 2. The van der Waals surface area contributed by atoms with Gasteiger partial charge in [0.25, 0.3) is 0 Å². The Morgan fingerprint density at radius 1 is 0.972 bits per heavy atom. The standard InChI is InChI=1S/C28H23ClN2O5/c1-2-17-3-5-18(6-4-17)27(33)22-15-31(23-9-7-19(29)13-21(23)28(22)34)16-26(32)30-20-8-10-24-25(14-20)36-12-11-35-24/h3-10,13-15H,2,11-12,16H2,1H3,(H,30,32). The van der Waals surface area contributed by atoms with Crippen molar-refractivity contribution in [3.63, 3.8) is 0 Å². The second kappa shape index (κ2) is 9.87. The summed E-state index contributed by atoms with van der Waals surface area (Å²) in [5.74, 6) is 0.435. The lowest BCUT2D eigenvalue weighted by atomic mass is 10.0. The van der Waals surface area contributed by atoms with Crippen LogP contribution in [0.1, 0.15) is 28.4 Å². The molecule has 0 aliphatic carbocycles. The molecule has 0 saturated heterocycles. The van der Waals surface area contributed by atoms with Crippen molar-refractivity contribution in [2.45, 2.75) is 19.9 Å². The molecule has 36 heavy (non-hydrogen) atoms. The highest BCUT2D eigenvalue weighted by Crippen LogP contribution is 2.32. The van der Waals surface area contributed by atoms with Crippen molar-refractivity contribution >= 4 is 39.9 Å². The van der Waals surface area contributed by atoms with E-state index >= 15 is 0 Å². The van der Waals surface area contributed by atoms with Crippen LogP contribution in [0.4, 0.5) is 5.69 Å². The van der Waals surface area contributed by atoms with Gasteiger partial charge in [0.05, 0.1) is 11.1 Å². The van der Waals surface area contributed by atoms with Crippen molar-refractivity contribution in [1.29, 1.82) is 0 Å². The normalized spacial score (nSPS) is 12.4. The lowest BCUT2D eigenvalue weighted by Crippen LogP contribution is -2.24. The number of benzene rings is 3. The van der Waals surface area contributed by atoms with Crippen molar-refractivity contribution in [3.05, 3.63) is 98.8 Å². The molecular weight excluding hydrogens is 480 g/mol. The molecule has 0 saturated carbocycles. The Bertz CT molecular complexity index is 1540. The van der Waals surface area contributed by atoms with Crippen LogP contribution >= 0.6 is 11.6 Å². The third-order valence-electron chi connectivity index (χ3n) is 6.05. The molecule has 0 unspecified atom stereocenters. The van der Waals surface area contributed by atoms with Crippen LogP contribution in [0.25, 0.3) is 10.9 Å². The molecule has 0 atom stereocenters. The van der Waals surface area contributed by atoms with Gasteiger partial charge < -0.3 is 19.4 Å². The first-order valence-corrected chi connectivity index (χ1v) is 12.0. The number of hydrogen-bond donors (Lipinski definition) is 1. The summed E-state index contributed by atoms with van der Waals surface area (Å²) in [6, 6.07) is 17.1. The maximum atomic E-state index is 13.3.